The quantitative estimate of drug-likeness (QED) is 0.478. The van der Waals surface area contributed by atoms with Crippen molar-refractivity contribution in [3.8, 4) is 11.5 Å². The van der Waals surface area contributed by atoms with Crippen LogP contribution in [0.5, 0.6) is 11.5 Å². The third-order valence-electron chi connectivity index (χ3n) is 5.56. The number of fused-ring (bicyclic) bond motifs is 1. The number of aliphatic hydroxyl groups excluding tert-OH is 1. The van der Waals surface area contributed by atoms with Gasteiger partial charge in [0.2, 0.25) is 0 Å². The highest BCUT2D eigenvalue weighted by Gasteiger charge is 2.47. The van der Waals surface area contributed by atoms with Gasteiger partial charge in [0.05, 0.1) is 38.3 Å². The monoisotopic (exact) mass is 480 g/mol. The van der Waals surface area contributed by atoms with Gasteiger partial charge in [-0.25, -0.2) is 4.68 Å². The van der Waals surface area contributed by atoms with E-state index in [1.54, 1.807) is 12.1 Å². The molecule has 1 amide bonds. The number of benzene rings is 1. The first-order chi connectivity index (χ1) is 16.1. The van der Waals surface area contributed by atoms with Gasteiger partial charge < -0.3 is 29.6 Å². The molecular weight excluding hydrogens is 457 g/mol. The van der Waals surface area contributed by atoms with E-state index in [0.717, 1.165) is 4.68 Å². The summed E-state index contributed by atoms with van der Waals surface area (Å²) in [5.41, 5.74) is 0.305. The van der Waals surface area contributed by atoms with E-state index in [0.29, 0.717) is 22.8 Å². The minimum atomic E-state index is -4.59. The number of hydrogen-bond acceptors (Lipinski definition) is 7. The summed E-state index contributed by atoms with van der Waals surface area (Å²) < 4.78 is 57.9. The lowest BCUT2D eigenvalue weighted by Gasteiger charge is -2.32. The number of furan rings is 1. The summed E-state index contributed by atoms with van der Waals surface area (Å²) in [6.07, 6.45) is -4.54. The van der Waals surface area contributed by atoms with Crippen LogP contribution in [0.1, 0.15) is 53.3 Å². The largest absolute Gasteiger partial charge is 0.493 e. The number of alkyl halides is 3. The van der Waals surface area contributed by atoms with Gasteiger partial charge >= 0.3 is 6.18 Å². The van der Waals surface area contributed by atoms with Crippen molar-refractivity contribution in [2.45, 2.75) is 37.7 Å². The number of ether oxygens (including phenoxy) is 2. The van der Waals surface area contributed by atoms with Gasteiger partial charge in [-0.3, -0.25) is 4.79 Å². The average molecular weight is 480 g/mol. The Labute approximate surface area is 192 Å². The normalized spacial score (nSPS) is 18.6. The van der Waals surface area contributed by atoms with Gasteiger partial charge in [-0.15, -0.1) is 0 Å². The first-order valence-corrected chi connectivity index (χ1v) is 10.3. The molecule has 3 atom stereocenters. The highest BCUT2D eigenvalue weighted by Crippen LogP contribution is 2.44. The Hall–Kier alpha value is -3.67. The van der Waals surface area contributed by atoms with Crippen LogP contribution in [0.15, 0.2) is 41.0 Å². The first kappa shape index (κ1) is 23.5. The fraction of sp³-hybridized carbons (Fsp3) is 0.364. The number of amides is 1. The summed E-state index contributed by atoms with van der Waals surface area (Å²) in [7, 11) is 2.84. The predicted molar refractivity (Wildman–Crippen MR) is 115 cm³/mol. The minimum Gasteiger partial charge on any atom is -0.493 e. The maximum Gasteiger partial charge on any atom is 0.410 e. The van der Waals surface area contributed by atoms with Crippen molar-refractivity contribution in [2.75, 3.05) is 24.9 Å². The van der Waals surface area contributed by atoms with E-state index in [-0.39, 0.29) is 23.6 Å². The second-order valence-electron chi connectivity index (χ2n) is 7.79. The molecule has 3 aromatic rings. The van der Waals surface area contributed by atoms with Crippen LogP contribution in [0, 0.1) is 0 Å². The molecule has 4 rings (SSSR count). The number of aliphatic hydroxyl groups is 1. The Kier molecular flexibility index (Phi) is 6.17. The fourth-order valence-corrected chi connectivity index (χ4v) is 3.90. The van der Waals surface area contributed by atoms with Gasteiger partial charge in [-0.1, -0.05) is 0 Å². The van der Waals surface area contributed by atoms with Crippen molar-refractivity contribution in [1.29, 1.82) is 0 Å². The molecule has 1 aromatic carbocycles. The zero-order valence-corrected chi connectivity index (χ0v) is 18.5. The lowest BCUT2D eigenvalue weighted by atomic mass is 10.0. The lowest BCUT2D eigenvalue weighted by Crippen LogP contribution is -2.35. The highest BCUT2D eigenvalue weighted by molar-refractivity contribution is 6.04. The summed E-state index contributed by atoms with van der Waals surface area (Å²) in [6, 6.07) is 4.69. The van der Waals surface area contributed by atoms with Crippen molar-refractivity contribution < 1.29 is 37.0 Å². The van der Waals surface area contributed by atoms with Crippen LogP contribution in [0.3, 0.4) is 0 Å². The van der Waals surface area contributed by atoms with E-state index < -0.39 is 30.3 Å². The summed E-state index contributed by atoms with van der Waals surface area (Å²) in [5.74, 6) is 0.262. The smallest absolute Gasteiger partial charge is 0.410 e. The number of nitrogens with zero attached hydrogens (tertiary/aromatic N) is 2. The summed E-state index contributed by atoms with van der Waals surface area (Å²) in [5, 5.41) is 19.6. The molecule has 0 fully saturated rings. The number of carbonyl (C=O) groups excluding carboxylic acids is 1. The Morgan fingerprint density at radius 2 is 2.00 bits per heavy atom. The highest BCUT2D eigenvalue weighted by atomic mass is 19.4. The molecule has 182 valence electrons. The van der Waals surface area contributed by atoms with E-state index in [4.69, 9.17) is 13.9 Å². The van der Waals surface area contributed by atoms with E-state index in [1.165, 1.54) is 45.6 Å². The molecule has 12 heteroatoms. The fourth-order valence-electron chi connectivity index (χ4n) is 3.90. The molecule has 1 aliphatic rings. The molecule has 1 aliphatic heterocycles. The molecule has 34 heavy (non-hydrogen) atoms. The Morgan fingerprint density at radius 1 is 1.29 bits per heavy atom. The maximum atomic E-state index is 13.8. The number of nitrogens with one attached hydrogen (secondary N) is 2. The van der Waals surface area contributed by atoms with Gasteiger partial charge in [0.1, 0.15) is 11.6 Å². The SMILES string of the molecule is COc1cc(NC(=O)c2cc3n(n2)[C@@H](C(F)(F)F)C[C@@H](c2ccco2)N3)c([C@@H](C)O)cc1OC. The molecule has 0 spiro atoms. The molecular formula is C22H23F3N4O5. The van der Waals surface area contributed by atoms with Gasteiger partial charge in [0, 0.05) is 24.1 Å². The zero-order chi connectivity index (χ0) is 24.6. The predicted octanol–water partition coefficient (Wildman–Crippen LogP) is 4.46. The number of aromatic nitrogens is 2. The molecule has 3 heterocycles. The Balaban J connectivity index is 1.67. The molecule has 3 N–H and O–H groups in total. The van der Waals surface area contributed by atoms with Crippen LogP contribution in [0.25, 0.3) is 0 Å². The third kappa shape index (κ3) is 4.40. The Morgan fingerprint density at radius 3 is 2.59 bits per heavy atom. The van der Waals surface area contributed by atoms with E-state index in [1.807, 2.05) is 0 Å². The minimum absolute atomic E-state index is 0.0307. The average Bonchev–Trinajstić information content (AvgIpc) is 3.47. The molecule has 2 aromatic heterocycles. The van der Waals surface area contributed by atoms with Crippen LogP contribution in [-0.4, -0.2) is 41.2 Å². The van der Waals surface area contributed by atoms with Gasteiger partial charge in [-0.05, 0) is 25.1 Å². The molecule has 0 saturated carbocycles. The van der Waals surface area contributed by atoms with Crippen LogP contribution < -0.4 is 20.1 Å². The molecule has 0 saturated heterocycles. The molecule has 0 bridgehead atoms. The summed E-state index contributed by atoms with van der Waals surface area (Å²) >= 11 is 0. The number of halogens is 3. The van der Waals surface area contributed by atoms with E-state index in [9.17, 15) is 23.1 Å². The van der Waals surface area contributed by atoms with Gasteiger partial charge in [0.25, 0.3) is 5.91 Å². The van der Waals surface area contributed by atoms with Crippen molar-refractivity contribution in [3.05, 3.63) is 53.6 Å². The molecule has 0 aliphatic carbocycles. The molecule has 0 radical (unpaired) electrons. The van der Waals surface area contributed by atoms with Gasteiger partial charge in [-0.2, -0.15) is 18.3 Å². The topological polar surface area (TPSA) is 111 Å². The van der Waals surface area contributed by atoms with Crippen LogP contribution >= 0.6 is 0 Å². The molecule has 0 unspecified atom stereocenters. The number of hydrogen-bond donors (Lipinski definition) is 3. The second kappa shape index (κ2) is 8.93. The van der Waals surface area contributed by atoms with Crippen LogP contribution in [0.2, 0.25) is 0 Å². The summed E-state index contributed by atoms with van der Waals surface area (Å²) in [4.78, 5) is 13.0. The van der Waals surface area contributed by atoms with Crippen LogP contribution in [0.4, 0.5) is 24.7 Å². The second-order valence-corrected chi connectivity index (χ2v) is 7.79. The van der Waals surface area contributed by atoms with Crippen LogP contribution in [-0.2, 0) is 0 Å². The zero-order valence-electron chi connectivity index (χ0n) is 18.5. The number of anilines is 2. The number of carbonyl (C=O) groups is 1. The van der Waals surface area contributed by atoms with E-state index >= 15 is 0 Å². The first-order valence-electron chi connectivity index (χ1n) is 10.3. The van der Waals surface area contributed by atoms with Crippen molar-refractivity contribution in [3.63, 3.8) is 0 Å². The number of methoxy groups -OCH3 is 2. The van der Waals surface area contributed by atoms with Crippen molar-refractivity contribution in [2.24, 2.45) is 0 Å². The standard InChI is InChI=1S/C22H23F3N4O5/c1-11(30)12-7-17(32-2)18(33-3)8-13(12)27-21(31)15-10-20-26-14(16-5-4-6-34-16)9-19(22(23,24)25)29(20)28-15/h4-8,10-11,14,19,26,30H,9H2,1-3H3,(H,27,31)/t11-,14+,19-/m1/s1. The lowest BCUT2D eigenvalue weighted by molar-refractivity contribution is -0.174. The van der Waals surface area contributed by atoms with Crippen molar-refractivity contribution >= 4 is 17.4 Å². The number of rotatable bonds is 6. The summed E-state index contributed by atoms with van der Waals surface area (Å²) in [6.45, 7) is 1.50. The Bertz CT molecular complexity index is 1170. The third-order valence-corrected chi connectivity index (χ3v) is 5.56. The van der Waals surface area contributed by atoms with E-state index in [2.05, 4.69) is 15.7 Å². The molecule has 9 nitrogen and oxygen atoms in total. The van der Waals surface area contributed by atoms with Crippen molar-refractivity contribution in [1.82, 2.24) is 9.78 Å². The maximum absolute atomic E-state index is 13.8. The van der Waals surface area contributed by atoms with Gasteiger partial charge in [0.15, 0.2) is 23.2 Å².